The summed E-state index contributed by atoms with van der Waals surface area (Å²) in [5.74, 6) is 0.921. The van der Waals surface area contributed by atoms with Crippen LogP contribution in [-0.2, 0) is 0 Å². The average Bonchev–Trinajstić information content (AvgIpc) is 2.30. The molecule has 16 heavy (non-hydrogen) atoms. The Kier molecular flexibility index (Phi) is 3.39. The van der Waals surface area contributed by atoms with Gasteiger partial charge in [0.05, 0.1) is 0 Å². The Bertz CT molecular complexity index is 361. The van der Waals surface area contributed by atoms with Gasteiger partial charge in [0.15, 0.2) is 5.78 Å². The van der Waals surface area contributed by atoms with Gasteiger partial charge in [0.2, 0.25) is 0 Å². The van der Waals surface area contributed by atoms with Crippen molar-refractivity contribution in [1.82, 2.24) is 5.32 Å². The lowest BCUT2D eigenvalue weighted by Gasteiger charge is -2.28. The molecule has 1 saturated heterocycles. The number of ketones is 1. The summed E-state index contributed by atoms with van der Waals surface area (Å²) in [4.78, 5) is 11.2. The second kappa shape index (κ2) is 4.79. The third-order valence-electron chi connectivity index (χ3n) is 3.38. The molecule has 0 radical (unpaired) electrons. The molecule has 2 unspecified atom stereocenters. The van der Waals surface area contributed by atoms with Gasteiger partial charge in [0, 0.05) is 11.6 Å². The van der Waals surface area contributed by atoms with Crippen LogP contribution < -0.4 is 5.32 Å². The first-order chi connectivity index (χ1) is 7.66. The number of hydrogen-bond donors (Lipinski definition) is 1. The molecule has 2 heteroatoms. The third kappa shape index (κ3) is 2.50. The van der Waals surface area contributed by atoms with E-state index in [1.165, 1.54) is 18.4 Å². The van der Waals surface area contributed by atoms with Crippen LogP contribution in [0.3, 0.4) is 0 Å². The molecule has 1 N–H and O–H groups in total. The van der Waals surface area contributed by atoms with E-state index in [2.05, 4.69) is 24.4 Å². The largest absolute Gasteiger partial charge is 0.310 e. The topological polar surface area (TPSA) is 29.1 Å². The summed E-state index contributed by atoms with van der Waals surface area (Å²) in [6.45, 7) is 4.98. The predicted molar refractivity (Wildman–Crippen MR) is 65.6 cm³/mol. The number of nitrogens with one attached hydrogen (secondary N) is 1. The molecule has 1 heterocycles. The number of piperidine rings is 1. The molecular weight excluding hydrogens is 198 g/mol. The summed E-state index contributed by atoms with van der Waals surface area (Å²) in [6.07, 6.45) is 2.48. The summed E-state index contributed by atoms with van der Waals surface area (Å²) < 4.78 is 0. The highest BCUT2D eigenvalue weighted by Gasteiger charge is 2.18. The van der Waals surface area contributed by atoms with Crippen LogP contribution in [0.5, 0.6) is 0 Å². The standard InChI is InChI=1S/C14H19NO/c1-10-3-8-14(15-9-10)13-6-4-12(5-7-13)11(2)16/h4-7,10,14-15H,3,8-9H2,1-2H3. The molecule has 1 aliphatic heterocycles. The number of benzene rings is 1. The van der Waals surface area contributed by atoms with Gasteiger partial charge in [-0.1, -0.05) is 31.2 Å². The molecule has 2 atom stereocenters. The molecule has 0 spiro atoms. The summed E-state index contributed by atoms with van der Waals surface area (Å²) in [7, 11) is 0. The van der Waals surface area contributed by atoms with Crippen LogP contribution in [0.4, 0.5) is 0 Å². The van der Waals surface area contributed by atoms with Crippen LogP contribution in [0.2, 0.25) is 0 Å². The van der Waals surface area contributed by atoms with Crippen LogP contribution in [0.1, 0.15) is 48.7 Å². The molecular formula is C14H19NO. The van der Waals surface area contributed by atoms with E-state index in [1.807, 2.05) is 12.1 Å². The Morgan fingerprint density at radius 3 is 2.44 bits per heavy atom. The summed E-state index contributed by atoms with van der Waals surface area (Å²) >= 11 is 0. The van der Waals surface area contributed by atoms with Crippen LogP contribution in [-0.4, -0.2) is 12.3 Å². The first kappa shape index (κ1) is 11.3. The van der Waals surface area contributed by atoms with Gasteiger partial charge in [-0.05, 0) is 37.8 Å². The first-order valence-corrected chi connectivity index (χ1v) is 6.01. The molecule has 0 saturated carbocycles. The maximum absolute atomic E-state index is 11.2. The second-order valence-corrected chi connectivity index (χ2v) is 4.82. The highest BCUT2D eigenvalue weighted by molar-refractivity contribution is 5.94. The molecule has 1 aliphatic rings. The van der Waals surface area contributed by atoms with Crippen molar-refractivity contribution < 1.29 is 4.79 Å². The van der Waals surface area contributed by atoms with Gasteiger partial charge < -0.3 is 5.32 Å². The fourth-order valence-electron chi connectivity index (χ4n) is 2.23. The minimum absolute atomic E-state index is 0.136. The molecule has 2 rings (SSSR count). The van der Waals surface area contributed by atoms with Crippen LogP contribution in [0, 0.1) is 5.92 Å². The Morgan fingerprint density at radius 1 is 1.25 bits per heavy atom. The van der Waals surface area contributed by atoms with Gasteiger partial charge in [0.1, 0.15) is 0 Å². The van der Waals surface area contributed by atoms with Gasteiger partial charge in [-0.15, -0.1) is 0 Å². The normalized spacial score (nSPS) is 25.4. The number of rotatable bonds is 2. The van der Waals surface area contributed by atoms with E-state index >= 15 is 0 Å². The molecule has 0 aromatic heterocycles. The van der Waals surface area contributed by atoms with Crippen molar-refractivity contribution in [3.05, 3.63) is 35.4 Å². The average molecular weight is 217 g/mol. The smallest absolute Gasteiger partial charge is 0.159 e. The van der Waals surface area contributed by atoms with Crippen molar-refractivity contribution in [2.75, 3.05) is 6.54 Å². The highest BCUT2D eigenvalue weighted by atomic mass is 16.1. The van der Waals surface area contributed by atoms with Crippen LogP contribution in [0.25, 0.3) is 0 Å². The fraction of sp³-hybridized carbons (Fsp3) is 0.500. The molecule has 1 aromatic rings. The Labute approximate surface area is 97.1 Å². The fourth-order valence-corrected chi connectivity index (χ4v) is 2.23. The van der Waals surface area contributed by atoms with Gasteiger partial charge in [0.25, 0.3) is 0 Å². The second-order valence-electron chi connectivity index (χ2n) is 4.82. The Hall–Kier alpha value is -1.15. The number of carbonyl (C=O) groups excluding carboxylic acids is 1. The quantitative estimate of drug-likeness (QED) is 0.772. The third-order valence-corrected chi connectivity index (χ3v) is 3.38. The summed E-state index contributed by atoms with van der Waals surface area (Å²) in [5.41, 5.74) is 2.10. The minimum atomic E-state index is 0.136. The van der Waals surface area contributed by atoms with E-state index in [4.69, 9.17) is 0 Å². The SMILES string of the molecule is CC(=O)c1ccc(C2CCC(C)CN2)cc1. The molecule has 1 fully saturated rings. The number of carbonyl (C=O) groups is 1. The lowest BCUT2D eigenvalue weighted by molar-refractivity contribution is 0.101. The van der Waals surface area contributed by atoms with Crippen molar-refractivity contribution in [2.45, 2.75) is 32.7 Å². The van der Waals surface area contributed by atoms with E-state index in [0.29, 0.717) is 6.04 Å². The predicted octanol–water partition coefficient (Wildman–Crippen LogP) is 2.95. The zero-order chi connectivity index (χ0) is 11.5. The van der Waals surface area contributed by atoms with E-state index in [1.54, 1.807) is 6.92 Å². The van der Waals surface area contributed by atoms with Crippen molar-refractivity contribution in [2.24, 2.45) is 5.92 Å². The van der Waals surface area contributed by atoms with Gasteiger partial charge in [-0.2, -0.15) is 0 Å². The molecule has 0 bridgehead atoms. The number of hydrogen-bond acceptors (Lipinski definition) is 2. The highest BCUT2D eigenvalue weighted by Crippen LogP contribution is 2.25. The molecule has 86 valence electrons. The Morgan fingerprint density at radius 2 is 1.94 bits per heavy atom. The molecule has 1 aromatic carbocycles. The van der Waals surface area contributed by atoms with Crippen molar-refractivity contribution in [3.8, 4) is 0 Å². The maximum atomic E-state index is 11.2. The van der Waals surface area contributed by atoms with Crippen LogP contribution >= 0.6 is 0 Å². The van der Waals surface area contributed by atoms with Gasteiger partial charge >= 0.3 is 0 Å². The van der Waals surface area contributed by atoms with Crippen molar-refractivity contribution >= 4 is 5.78 Å². The lowest BCUT2D eigenvalue weighted by Crippen LogP contribution is -2.31. The summed E-state index contributed by atoms with van der Waals surface area (Å²) in [6, 6.07) is 8.47. The maximum Gasteiger partial charge on any atom is 0.159 e. The molecule has 2 nitrogen and oxygen atoms in total. The monoisotopic (exact) mass is 217 g/mol. The van der Waals surface area contributed by atoms with E-state index in [0.717, 1.165) is 18.0 Å². The number of Topliss-reactive ketones (excluding diaryl/α,β-unsaturated/α-hetero) is 1. The zero-order valence-electron chi connectivity index (χ0n) is 9.99. The summed E-state index contributed by atoms with van der Waals surface area (Å²) in [5, 5.41) is 3.55. The van der Waals surface area contributed by atoms with Crippen molar-refractivity contribution in [3.63, 3.8) is 0 Å². The van der Waals surface area contributed by atoms with Gasteiger partial charge in [-0.25, -0.2) is 0 Å². The molecule has 0 amide bonds. The van der Waals surface area contributed by atoms with E-state index in [-0.39, 0.29) is 5.78 Å². The molecule has 0 aliphatic carbocycles. The van der Waals surface area contributed by atoms with Gasteiger partial charge in [-0.3, -0.25) is 4.79 Å². The van der Waals surface area contributed by atoms with E-state index in [9.17, 15) is 4.79 Å². The minimum Gasteiger partial charge on any atom is -0.310 e. The zero-order valence-corrected chi connectivity index (χ0v) is 9.99. The van der Waals surface area contributed by atoms with Crippen LogP contribution in [0.15, 0.2) is 24.3 Å². The lowest BCUT2D eigenvalue weighted by atomic mass is 9.91. The first-order valence-electron chi connectivity index (χ1n) is 6.01. The van der Waals surface area contributed by atoms with E-state index < -0.39 is 0 Å². The van der Waals surface area contributed by atoms with Crippen molar-refractivity contribution in [1.29, 1.82) is 0 Å². The Balaban J connectivity index is 2.07.